The molecule has 2 aromatic rings. The summed E-state index contributed by atoms with van der Waals surface area (Å²) < 4.78 is 0. The van der Waals surface area contributed by atoms with Gasteiger partial charge in [-0.05, 0) is 47.6 Å². The monoisotopic (exact) mass is 339 g/mol. The first-order valence-electron chi connectivity index (χ1n) is 8.82. The summed E-state index contributed by atoms with van der Waals surface area (Å²) in [6.45, 7) is 3.28. The Morgan fingerprint density at radius 2 is 2.04 bits per heavy atom. The zero-order valence-electron chi connectivity index (χ0n) is 14.6. The number of rotatable bonds is 6. The van der Waals surface area contributed by atoms with E-state index in [1.54, 1.807) is 17.3 Å². The summed E-state index contributed by atoms with van der Waals surface area (Å²) in [5.41, 5.74) is 3.56. The molecule has 0 radical (unpaired) electrons. The van der Waals surface area contributed by atoms with E-state index < -0.39 is 0 Å². The van der Waals surface area contributed by atoms with Crippen LogP contribution in [-0.4, -0.2) is 34.2 Å². The van der Waals surface area contributed by atoms with E-state index in [0.717, 1.165) is 12.0 Å². The Morgan fingerprint density at radius 3 is 2.80 bits per heavy atom. The number of nitrogens with one attached hydrogen (secondary N) is 1. The van der Waals surface area contributed by atoms with Crippen LogP contribution in [-0.2, 0) is 13.0 Å². The maximum atomic E-state index is 12.9. The summed E-state index contributed by atoms with van der Waals surface area (Å²) in [7, 11) is 0. The molecule has 0 bridgehead atoms. The average molecular weight is 339 g/mol. The Labute approximate surface area is 148 Å². The van der Waals surface area contributed by atoms with Crippen LogP contribution in [0.3, 0.4) is 0 Å². The van der Waals surface area contributed by atoms with E-state index in [2.05, 4.69) is 29.4 Å². The molecule has 1 aromatic heterocycles. The standard InChI is InChI=1S/C20H25N3O2/c1-15-13-17-5-2-3-6-18(17)19(15)22-20(25)23(11-4-12-24)14-16-7-9-21-10-8-16/h2-3,5-10,15,19,24H,4,11-14H2,1H3,(H,22,25)/t15-,19-/m1/s1. The Morgan fingerprint density at radius 1 is 1.28 bits per heavy atom. The topological polar surface area (TPSA) is 65.5 Å². The lowest BCUT2D eigenvalue weighted by Crippen LogP contribution is -2.42. The minimum Gasteiger partial charge on any atom is -0.396 e. The molecular formula is C20H25N3O2. The Hall–Kier alpha value is -2.40. The van der Waals surface area contributed by atoms with Crippen LogP contribution in [0.15, 0.2) is 48.8 Å². The number of benzene rings is 1. The Bertz CT molecular complexity index is 705. The second-order valence-electron chi connectivity index (χ2n) is 6.66. The van der Waals surface area contributed by atoms with Gasteiger partial charge in [0.1, 0.15) is 0 Å². The number of fused-ring (bicyclic) bond motifs is 1. The average Bonchev–Trinajstić information content (AvgIpc) is 2.95. The van der Waals surface area contributed by atoms with Gasteiger partial charge in [0, 0.05) is 32.1 Å². The van der Waals surface area contributed by atoms with Crippen molar-refractivity contribution < 1.29 is 9.90 Å². The highest BCUT2D eigenvalue weighted by atomic mass is 16.3. The number of aliphatic hydroxyl groups excluding tert-OH is 1. The lowest BCUT2D eigenvalue weighted by Gasteiger charge is -2.27. The maximum absolute atomic E-state index is 12.9. The van der Waals surface area contributed by atoms with E-state index in [4.69, 9.17) is 5.11 Å². The lowest BCUT2D eigenvalue weighted by molar-refractivity contribution is 0.180. The van der Waals surface area contributed by atoms with Gasteiger partial charge in [-0.15, -0.1) is 0 Å². The van der Waals surface area contributed by atoms with Gasteiger partial charge in [-0.1, -0.05) is 31.2 Å². The Balaban J connectivity index is 1.71. The van der Waals surface area contributed by atoms with Crippen molar-refractivity contribution in [1.29, 1.82) is 0 Å². The van der Waals surface area contributed by atoms with Gasteiger partial charge in [-0.25, -0.2) is 4.79 Å². The molecule has 0 fully saturated rings. The summed E-state index contributed by atoms with van der Waals surface area (Å²) in [6, 6.07) is 12.1. The number of aliphatic hydroxyl groups is 1. The summed E-state index contributed by atoms with van der Waals surface area (Å²) in [6.07, 6.45) is 5.01. The number of pyridine rings is 1. The summed E-state index contributed by atoms with van der Waals surface area (Å²) >= 11 is 0. The van der Waals surface area contributed by atoms with Crippen LogP contribution in [0, 0.1) is 5.92 Å². The van der Waals surface area contributed by atoms with Crippen molar-refractivity contribution in [1.82, 2.24) is 15.2 Å². The molecule has 1 aromatic carbocycles. The van der Waals surface area contributed by atoms with Crippen LogP contribution in [0.5, 0.6) is 0 Å². The first-order valence-corrected chi connectivity index (χ1v) is 8.82. The van der Waals surface area contributed by atoms with E-state index >= 15 is 0 Å². The SMILES string of the molecule is C[C@@H]1Cc2ccccc2[C@@H]1NC(=O)N(CCCO)Cc1ccncc1. The number of urea groups is 1. The number of hydrogen-bond acceptors (Lipinski definition) is 3. The molecule has 1 aliphatic rings. The zero-order valence-corrected chi connectivity index (χ0v) is 14.6. The van der Waals surface area contributed by atoms with Crippen molar-refractivity contribution >= 4 is 6.03 Å². The molecule has 0 saturated heterocycles. The van der Waals surface area contributed by atoms with Gasteiger partial charge in [0.05, 0.1) is 6.04 Å². The maximum Gasteiger partial charge on any atom is 0.318 e. The molecule has 132 valence electrons. The fourth-order valence-electron chi connectivity index (χ4n) is 3.46. The normalized spacial score (nSPS) is 18.6. The van der Waals surface area contributed by atoms with E-state index in [0.29, 0.717) is 25.4 Å². The van der Waals surface area contributed by atoms with Crippen molar-refractivity contribution in [3.05, 3.63) is 65.5 Å². The lowest BCUT2D eigenvalue weighted by atomic mass is 10.0. The number of amides is 2. The van der Waals surface area contributed by atoms with Crippen LogP contribution in [0.1, 0.15) is 36.1 Å². The second kappa shape index (κ2) is 8.12. The molecule has 2 N–H and O–H groups in total. The zero-order chi connectivity index (χ0) is 17.6. The summed E-state index contributed by atoms with van der Waals surface area (Å²) in [5.74, 6) is 0.377. The van der Waals surface area contributed by atoms with Crippen molar-refractivity contribution in [2.75, 3.05) is 13.2 Å². The molecule has 5 heteroatoms. The third kappa shape index (κ3) is 4.17. The molecule has 0 spiro atoms. The van der Waals surface area contributed by atoms with Crippen molar-refractivity contribution in [3.8, 4) is 0 Å². The van der Waals surface area contributed by atoms with E-state index in [-0.39, 0.29) is 18.7 Å². The molecule has 1 aliphatic carbocycles. The quantitative estimate of drug-likeness (QED) is 0.850. The third-order valence-electron chi connectivity index (χ3n) is 4.78. The molecule has 1 heterocycles. The first-order chi connectivity index (χ1) is 12.2. The molecule has 2 atom stereocenters. The van der Waals surface area contributed by atoms with Crippen LogP contribution in [0.25, 0.3) is 0 Å². The minimum absolute atomic E-state index is 0.0396. The number of carbonyl (C=O) groups excluding carboxylic acids is 1. The van der Waals surface area contributed by atoms with Gasteiger partial charge < -0.3 is 15.3 Å². The van der Waals surface area contributed by atoms with Crippen LogP contribution >= 0.6 is 0 Å². The minimum atomic E-state index is -0.0844. The van der Waals surface area contributed by atoms with Gasteiger partial charge in [-0.3, -0.25) is 4.98 Å². The highest BCUT2D eigenvalue weighted by Crippen LogP contribution is 2.35. The fraction of sp³-hybridized carbons (Fsp3) is 0.400. The van der Waals surface area contributed by atoms with Crippen molar-refractivity contribution in [3.63, 3.8) is 0 Å². The van der Waals surface area contributed by atoms with E-state index in [1.165, 1.54) is 11.1 Å². The Kier molecular flexibility index (Phi) is 5.66. The number of carbonyl (C=O) groups is 1. The molecule has 5 nitrogen and oxygen atoms in total. The van der Waals surface area contributed by atoms with Crippen molar-refractivity contribution in [2.24, 2.45) is 5.92 Å². The third-order valence-corrected chi connectivity index (χ3v) is 4.78. The molecule has 0 unspecified atom stereocenters. The first kappa shape index (κ1) is 17.4. The van der Waals surface area contributed by atoms with Crippen LogP contribution in [0.2, 0.25) is 0 Å². The molecule has 25 heavy (non-hydrogen) atoms. The molecule has 0 aliphatic heterocycles. The van der Waals surface area contributed by atoms with E-state index in [9.17, 15) is 4.79 Å². The van der Waals surface area contributed by atoms with Gasteiger partial charge in [0.2, 0.25) is 0 Å². The predicted octanol–water partition coefficient (Wildman–Crippen LogP) is 2.91. The highest BCUT2D eigenvalue weighted by molar-refractivity contribution is 5.75. The number of hydrogen-bond donors (Lipinski definition) is 2. The summed E-state index contributed by atoms with van der Waals surface area (Å²) in [5, 5.41) is 12.4. The largest absolute Gasteiger partial charge is 0.396 e. The second-order valence-corrected chi connectivity index (χ2v) is 6.66. The van der Waals surface area contributed by atoms with E-state index in [1.807, 2.05) is 24.3 Å². The number of nitrogens with zero attached hydrogens (tertiary/aromatic N) is 2. The molecular weight excluding hydrogens is 314 g/mol. The van der Waals surface area contributed by atoms with Crippen molar-refractivity contribution in [2.45, 2.75) is 32.4 Å². The smallest absolute Gasteiger partial charge is 0.318 e. The van der Waals surface area contributed by atoms with Gasteiger partial charge in [0.25, 0.3) is 0 Å². The highest BCUT2D eigenvalue weighted by Gasteiger charge is 2.31. The van der Waals surface area contributed by atoms with Crippen LogP contribution in [0.4, 0.5) is 4.79 Å². The van der Waals surface area contributed by atoms with Gasteiger partial charge >= 0.3 is 6.03 Å². The fourth-order valence-corrected chi connectivity index (χ4v) is 3.46. The molecule has 3 rings (SSSR count). The predicted molar refractivity (Wildman–Crippen MR) is 96.9 cm³/mol. The summed E-state index contributed by atoms with van der Waals surface area (Å²) in [4.78, 5) is 18.7. The number of aromatic nitrogens is 1. The van der Waals surface area contributed by atoms with Crippen LogP contribution < -0.4 is 5.32 Å². The van der Waals surface area contributed by atoms with Gasteiger partial charge in [0.15, 0.2) is 0 Å². The van der Waals surface area contributed by atoms with Gasteiger partial charge in [-0.2, -0.15) is 0 Å². The molecule has 0 saturated carbocycles. The molecule has 2 amide bonds.